The minimum Gasteiger partial charge on any atom is -0.284 e. The van der Waals surface area contributed by atoms with Crippen LogP contribution in [0, 0.1) is 0 Å². The van der Waals surface area contributed by atoms with E-state index in [0.29, 0.717) is 22.9 Å². The number of nitrogens with one attached hydrogen (secondary N) is 1. The van der Waals surface area contributed by atoms with E-state index in [1.165, 1.54) is 0 Å². The molecular weight excluding hydrogens is 272 g/mol. The van der Waals surface area contributed by atoms with Crippen LogP contribution in [0.1, 0.15) is 12.8 Å². The summed E-state index contributed by atoms with van der Waals surface area (Å²) < 4.78 is 40.9. The normalized spacial score (nSPS) is 18.5. The van der Waals surface area contributed by atoms with Gasteiger partial charge < -0.3 is 0 Å². The van der Waals surface area contributed by atoms with Gasteiger partial charge in [-0.25, -0.2) is 12.6 Å². The average molecular weight is 288 g/mol. The van der Waals surface area contributed by atoms with Crippen molar-refractivity contribution < 1.29 is 12.6 Å². The van der Waals surface area contributed by atoms with Crippen LogP contribution in [0.2, 0.25) is 0 Å². The molecule has 5 nitrogen and oxygen atoms in total. The van der Waals surface area contributed by atoms with Crippen LogP contribution in [0.5, 0.6) is 0 Å². The van der Waals surface area contributed by atoms with Crippen molar-refractivity contribution in [2.24, 2.45) is 4.36 Å². The minimum absolute atomic E-state index is 0.484. The highest BCUT2D eigenvalue weighted by Gasteiger charge is 2.16. The van der Waals surface area contributed by atoms with Crippen LogP contribution in [0.4, 0.5) is 11.4 Å². The number of sulfonamides is 1. The van der Waals surface area contributed by atoms with Crippen LogP contribution in [0.25, 0.3) is 0 Å². The van der Waals surface area contributed by atoms with Gasteiger partial charge in [0.2, 0.25) is 10.0 Å². The first-order valence-electron chi connectivity index (χ1n) is 5.67. The summed E-state index contributed by atoms with van der Waals surface area (Å²) in [5.41, 5.74) is 1.12. The number of nitrogens with zero attached hydrogens (tertiary/aromatic N) is 1. The van der Waals surface area contributed by atoms with Crippen LogP contribution < -0.4 is 4.72 Å². The lowest BCUT2D eigenvalue weighted by Crippen LogP contribution is -2.09. The smallest absolute Gasteiger partial charge is 0.229 e. The van der Waals surface area contributed by atoms with Crippen LogP contribution in [-0.2, 0) is 19.8 Å². The zero-order chi connectivity index (χ0) is 13.2. The molecule has 18 heavy (non-hydrogen) atoms. The summed E-state index contributed by atoms with van der Waals surface area (Å²) in [6.45, 7) is 0. The van der Waals surface area contributed by atoms with E-state index < -0.39 is 19.8 Å². The third-order valence-electron chi connectivity index (χ3n) is 2.62. The largest absolute Gasteiger partial charge is 0.284 e. The fourth-order valence-corrected chi connectivity index (χ4v) is 4.61. The van der Waals surface area contributed by atoms with Crippen molar-refractivity contribution >= 4 is 31.1 Å². The molecule has 0 unspecified atom stereocenters. The molecule has 100 valence electrons. The second-order valence-electron chi connectivity index (χ2n) is 4.40. The second-order valence-corrected chi connectivity index (χ2v) is 8.69. The summed E-state index contributed by atoms with van der Waals surface area (Å²) in [6.07, 6.45) is 3.03. The van der Waals surface area contributed by atoms with Crippen molar-refractivity contribution in [3.8, 4) is 0 Å². The first-order valence-corrected chi connectivity index (χ1v) is 9.41. The molecule has 0 saturated carbocycles. The van der Waals surface area contributed by atoms with Gasteiger partial charge >= 0.3 is 0 Å². The molecule has 1 aliphatic heterocycles. The third-order valence-corrected chi connectivity index (χ3v) is 5.62. The molecule has 7 heteroatoms. The third kappa shape index (κ3) is 3.71. The van der Waals surface area contributed by atoms with Crippen LogP contribution >= 0.6 is 0 Å². The minimum atomic E-state index is -3.26. The number of anilines is 1. The zero-order valence-corrected chi connectivity index (χ0v) is 11.8. The molecule has 2 rings (SSSR count). The highest BCUT2D eigenvalue weighted by Crippen LogP contribution is 2.22. The van der Waals surface area contributed by atoms with Gasteiger partial charge in [0, 0.05) is 17.2 Å². The molecule has 1 N–H and O–H groups in total. The van der Waals surface area contributed by atoms with E-state index in [4.69, 9.17) is 0 Å². The maximum absolute atomic E-state index is 12.2. The number of hydrogen-bond acceptors (Lipinski definition) is 4. The van der Waals surface area contributed by atoms with Crippen molar-refractivity contribution in [1.82, 2.24) is 0 Å². The van der Waals surface area contributed by atoms with E-state index >= 15 is 0 Å². The standard InChI is InChI=1S/C11H16N2O3S2/c1-17(14,15)12-10-4-6-11(7-5-10)13-18(16)8-2-3-9-18/h4-7,12H,2-3,8-9H2,1H3. The summed E-state index contributed by atoms with van der Waals surface area (Å²) in [7, 11) is -5.33. The summed E-state index contributed by atoms with van der Waals surface area (Å²) in [6, 6.07) is 6.60. The van der Waals surface area contributed by atoms with Crippen molar-refractivity contribution in [3.05, 3.63) is 24.3 Å². The summed E-state index contributed by atoms with van der Waals surface area (Å²) in [4.78, 5) is 0. The van der Waals surface area contributed by atoms with Gasteiger partial charge in [-0.2, -0.15) is 4.36 Å². The number of rotatable bonds is 3. The Morgan fingerprint density at radius 1 is 1.17 bits per heavy atom. The molecule has 1 aromatic rings. The van der Waals surface area contributed by atoms with Gasteiger partial charge in [-0.15, -0.1) is 0 Å². The van der Waals surface area contributed by atoms with E-state index in [2.05, 4.69) is 9.08 Å². The molecular formula is C11H16N2O3S2. The number of hydrogen-bond donors (Lipinski definition) is 1. The van der Waals surface area contributed by atoms with Gasteiger partial charge in [0.05, 0.1) is 21.7 Å². The Kier molecular flexibility index (Phi) is 3.63. The molecule has 0 spiro atoms. The molecule has 0 bridgehead atoms. The SMILES string of the molecule is CS(=O)(=O)Nc1ccc(N=S2(=O)CCCC2)cc1. The fraction of sp³-hybridized carbons (Fsp3) is 0.455. The highest BCUT2D eigenvalue weighted by molar-refractivity contribution is 7.94. The Balaban J connectivity index is 2.21. The molecule has 1 heterocycles. The molecule has 0 aromatic heterocycles. The summed E-state index contributed by atoms with van der Waals surface area (Å²) in [5, 5.41) is 0. The first-order chi connectivity index (χ1) is 8.36. The van der Waals surface area contributed by atoms with Gasteiger partial charge in [-0.3, -0.25) is 4.72 Å². The van der Waals surface area contributed by atoms with E-state index in [-0.39, 0.29) is 0 Å². The van der Waals surface area contributed by atoms with E-state index in [9.17, 15) is 12.6 Å². The first kappa shape index (κ1) is 13.4. The Labute approximate surface area is 108 Å². The molecule has 0 radical (unpaired) electrons. The van der Waals surface area contributed by atoms with Gasteiger partial charge in [-0.1, -0.05) is 0 Å². The fourth-order valence-electron chi connectivity index (χ4n) is 1.85. The molecule has 0 aliphatic carbocycles. The predicted molar refractivity (Wildman–Crippen MR) is 74.1 cm³/mol. The van der Waals surface area contributed by atoms with Crippen molar-refractivity contribution in [3.63, 3.8) is 0 Å². The van der Waals surface area contributed by atoms with Gasteiger partial charge in [0.15, 0.2) is 0 Å². The van der Waals surface area contributed by atoms with E-state index in [1.807, 2.05) is 0 Å². The Bertz CT molecular complexity index is 629. The molecule has 1 aliphatic rings. The van der Waals surface area contributed by atoms with Gasteiger partial charge in [0.1, 0.15) is 0 Å². The lowest BCUT2D eigenvalue weighted by atomic mass is 10.3. The van der Waals surface area contributed by atoms with E-state index in [1.54, 1.807) is 24.3 Å². The second kappa shape index (κ2) is 4.89. The van der Waals surface area contributed by atoms with Gasteiger partial charge in [0.25, 0.3) is 0 Å². The van der Waals surface area contributed by atoms with Crippen molar-refractivity contribution in [2.75, 3.05) is 22.5 Å². The van der Waals surface area contributed by atoms with Crippen LogP contribution in [0.3, 0.4) is 0 Å². The monoisotopic (exact) mass is 288 g/mol. The van der Waals surface area contributed by atoms with Crippen molar-refractivity contribution in [1.29, 1.82) is 0 Å². The Morgan fingerprint density at radius 3 is 2.22 bits per heavy atom. The predicted octanol–water partition coefficient (Wildman–Crippen LogP) is 1.95. The maximum Gasteiger partial charge on any atom is 0.229 e. The zero-order valence-electron chi connectivity index (χ0n) is 10.1. The molecule has 0 amide bonds. The average Bonchev–Trinajstić information content (AvgIpc) is 2.66. The topological polar surface area (TPSA) is 75.6 Å². The quantitative estimate of drug-likeness (QED) is 0.923. The van der Waals surface area contributed by atoms with Crippen LogP contribution in [-0.4, -0.2) is 30.4 Å². The lowest BCUT2D eigenvalue weighted by molar-refractivity contribution is 0.607. The number of benzene rings is 1. The van der Waals surface area contributed by atoms with Crippen LogP contribution in [0.15, 0.2) is 28.6 Å². The lowest BCUT2D eigenvalue weighted by Gasteiger charge is -2.04. The molecule has 1 fully saturated rings. The summed E-state index contributed by atoms with van der Waals surface area (Å²) in [5.74, 6) is 1.33. The van der Waals surface area contributed by atoms with Gasteiger partial charge in [-0.05, 0) is 37.1 Å². The molecule has 0 atom stereocenters. The highest BCUT2D eigenvalue weighted by atomic mass is 32.2. The summed E-state index contributed by atoms with van der Waals surface area (Å²) >= 11 is 0. The molecule has 1 saturated heterocycles. The Hall–Kier alpha value is -1.08. The van der Waals surface area contributed by atoms with E-state index in [0.717, 1.165) is 19.1 Å². The Morgan fingerprint density at radius 2 is 1.72 bits per heavy atom. The van der Waals surface area contributed by atoms with Crippen molar-refractivity contribution in [2.45, 2.75) is 12.8 Å². The maximum atomic E-state index is 12.2. The molecule has 1 aromatic carbocycles.